The molecular weight excluding hydrogens is 258 g/mol. The average molecular weight is 277 g/mol. The third kappa shape index (κ3) is 2.84. The zero-order chi connectivity index (χ0) is 13.3. The second-order valence-electron chi connectivity index (χ2n) is 5.10. The quantitative estimate of drug-likeness (QED) is 0.755. The number of carbonyl (C=O) groups is 1. The van der Waals surface area contributed by atoms with E-state index in [2.05, 4.69) is 0 Å². The average Bonchev–Trinajstić information content (AvgIpc) is 2.77. The highest BCUT2D eigenvalue weighted by molar-refractivity contribution is 7.91. The van der Waals surface area contributed by atoms with Crippen molar-refractivity contribution in [2.75, 3.05) is 31.8 Å². The molecule has 2 aliphatic heterocycles. The molecule has 2 fully saturated rings. The van der Waals surface area contributed by atoms with Gasteiger partial charge in [-0.1, -0.05) is 0 Å². The number of carboxylic acid groups (broad SMARTS) is 1. The van der Waals surface area contributed by atoms with Crippen LogP contribution in [0.2, 0.25) is 0 Å². The molecule has 2 atom stereocenters. The van der Waals surface area contributed by atoms with Gasteiger partial charge in [-0.05, 0) is 19.9 Å². The highest BCUT2D eigenvalue weighted by Gasteiger charge is 2.40. The summed E-state index contributed by atoms with van der Waals surface area (Å²) in [5.74, 6) is -0.943. The first-order chi connectivity index (χ1) is 8.41. The van der Waals surface area contributed by atoms with Crippen molar-refractivity contribution in [3.63, 3.8) is 0 Å². The van der Waals surface area contributed by atoms with Crippen molar-refractivity contribution in [2.45, 2.75) is 24.9 Å². The smallest absolute Gasteiger partial charge is 0.310 e. The lowest BCUT2D eigenvalue weighted by molar-refractivity contribution is -0.143. The van der Waals surface area contributed by atoms with E-state index in [1.165, 1.54) is 0 Å². The number of hydrogen-bond acceptors (Lipinski definition) is 5. The van der Waals surface area contributed by atoms with Crippen LogP contribution in [0.25, 0.3) is 0 Å². The molecule has 18 heavy (non-hydrogen) atoms. The maximum absolute atomic E-state index is 11.4. The fourth-order valence-corrected chi connectivity index (χ4v) is 4.20. The van der Waals surface area contributed by atoms with Crippen LogP contribution in [0.4, 0.5) is 0 Å². The molecule has 0 aliphatic carbocycles. The number of likely N-dealkylation sites (N-methyl/N-ethyl adjacent to an activating group) is 1. The van der Waals surface area contributed by atoms with E-state index in [9.17, 15) is 13.2 Å². The number of sulfone groups is 1. The standard InChI is InChI=1S/C11H19NO5S/c1-12(8-2-4-18(15,16)5-3-8)10-7-17-6-9(10)11(13)14/h8-10H,2-7H2,1H3,(H,13,14). The molecule has 2 unspecified atom stereocenters. The van der Waals surface area contributed by atoms with E-state index in [1.54, 1.807) is 0 Å². The summed E-state index contributed by atoms with van der Waals surface area (Å²) < 4.78 is 28.0. The first-order valence-electron chi connectivity index (χ1n) is 6.13. The van der Waals surface area contributed by atoms with Gasteiger partial charge in [-0.2, -0.15) is 0 Å². The number of rotatable bonds is 3. The number of carboxylic acids is 1. The van der Waals surface area contributed by atoms with E-state index in [1.807, 2.05) is 11.9 Å². The molecule has 0 radical (unpaired) electrons. The van der Waals surface area contributed by atoms with Gasteiger partial charge in [-0.15, -0.1) is 0 Å². The molecule has 0 aromatic heterocycles. The zero-order valence-electron chi connectivity index (χ0n) is 10.4. The Balaban J connectivity index is 1.99. The topological polar surface area (TPSA) is 83.9 Å². The summed E-state index contributed by atoms with van der Waals surface area (Å²) >= 11 is 0. The zero-order valence-corrected chi connectivity index (χ0v) is 11.2. The predicted octanol–water partition coefficient (Wildman–Crippen LogP) is -0.405. The highest BCUT2D eigenvalue weighted by Crippen LogP contribution is 2.25. The van der Waals surface area contributed by atoms with Crippen molar-refractivity contribution in [3.8, 4) is 0 Å². The monoisotopic (exact) mass is 277 g/mol. The lowest BCUT2D eigenvalue weighted by Crippen LogP contribution is -2.48. The van der Waals surface area contributed by atoms with E-state index < -0.39 is 21.7 Å². The first-order valence-corrected chi connectivity index (χ1v) is 7.96. The number of nitrogens with zero attached hydrogens (tertiary/aromatic N) is 1. The Labute approximate surface area is 107 Å². The van der Waals surface area contributed by atoms with E-state index >= 15 is 0 Å². The van der Waals surface area contributed by atoms with Gasteiger partial charge in [0.15, 0.2) is 0 Å². The molecule has 1 N–H and O–H groups in total. The first kappa shape index (κ1) is 13.8. The number of hydrogen-bond donors (Lipinski definition) is 1. The Morgan fingerprint density at radius 1 is 1.28 bits per heavy atom. The molecule has 0 aromatic rings. The molecule has 0 saturated carbocycles. The number of ether oxygens (including phenoxy) is 1. The van der Waals surface area contributed by atoms with Crippen LogP contribution in [0.3, 0.4) is 0 Å². The van der Waals surface area contributed by atoms with Crippen molar-refractivity contribution in [1.82, 2.24) is 4.90 Å². The molecule has 0 amide bonds. The van der Waals surface area contributed by atoms with E-state index in [4.69, 9.17) is 9.84 Å². The molecule has 0 bridgehead atoms. The van der Waals surface area contributed by atoms with Crippen molar-refractivity contribution in [2.24, 2.45) is 5.92 Å². The Bertz CT molecular complexity index is 407. The predicted molar refractivity (Wildman–Crippen MR) is 65.2 cm³/mol. The maximum atomic E-state index is 11.4. The van der Waals surface area contributed by atoms with Crippen LogP contribution in [0.5, 0.6) is 0 Å². The van der Waals surface area contributed by atoms with Crippen LogP contribution in [-0.2, 0) is 19.4 Å². The summed E-state index contributed by atoms with van der Waals surface area (Å²) in [7, 11) is -1.00. The lowest BCUT2D eigenvalue weighted by atomic mass is 9.99. The molecule has 0 spiro atoms. The van der Waals surface area contributed by atoms with Crippen LogP contribution in [-0.4, -0.2) is 68.2 Å². The van der Waals surface area contributed by atoms with Crippen LogP contribution in [0, 0.1) is 5.92 Å². The maximum Gasteiger partial charge on any atom is 0.310 e. The van der Waals surface area contributed by atoms with Crippen molar-refractivity contribution < 1.29 is 23.1 Å². The van der Waals surface area contributed by atoms with Crippen molar-refractivity contribution in [3.05, 3.63) is 0 Å². The van der Waals surface area contributed by atoms with E-state index in [0.29, 0.717) is 19.4 Å². The Morgan fingerprint density at radius 3 is 2.44 bits per heavy atom. The second-order valence-corrected chi connectivity index (χ2v) is 7.40. The SMILES string of the molecule is CN(C1CCS(=O)(=O)CC1)C1COCC1C(=O)O. The van der Waals surface area contributed by atoms with E-state index in [-0.39, 0.29) is 30.2 Å². The molecule has 104 valence electrons. The van der Waals surface area contributed by atoms with Gasteiger partial charge in [0.1, 0.15) is 9.84 Å². The van der Waals surface area contributed by atoms with Crippen molar-refractivity contribution in [1.29, 1.82) is 0 Å². The molecular formula is C11H19NO5S. The number of aliphatic carboxylic acids is 1. The molecule has 6 nitrogen and oxygen atoms in total. The molecule has 0 aromatic carbocycles. The van der Waals surface area contributed by atoms with Gasteiger partial charge >= 0.3 is 5.97 Å². The molecule has 7 heteroatoms. The van der Waals surface area contributed by atoms with Gasteiger partial charge in [0.05, 0.1) is 30.6 Å². The third-order valence-corrected chi connectivity index (χ3v) is 5.71. The summed E-state index contributed by atoms with van der Waals surface area (Å²) in [5.41, 5.74) is 0. The van der Waals surface area contributed by atoms with E-state index in [0.717, 1.165) is 0 Å². The Hall–Kier alpha value is -0.660. The van der Waals surface area contributed by atoms with Crippen LogP contribution in [0.1, 0.15) is 12.8 Å². The highest BCUT2D eigenvalue weighted by atomic mass is 32.2. The van der Waals surface area contributed by atoms with Gasteiger partial charge in [-0.25, -0.2) is 8.42 Å². The molecule has 2 saturated heterocycles. The fourth-order valence-electron chi connectivity index (χ4n) is 2.74. The fraction of sp³-hybridized carbons (Fsp3) is 0.909. The minimum Gasteiger partial charge on any atom is -0.481 e. The van der Waals surface area contributed by atoms with Gasteiger partial charge in [0, 0.05) is 12.1 Å². The van der Waals surface area contributed by atoms with Gasteiger partial charge < -0.3 is 9.84 Å². The summed E-state index contributed by atoms with van der Waals surface area (Å²) in [6.07, 6.45) is 1.17. The van der Waals surface area contributed by atoms with Crippen LogP contribution < -0.4 is 0 Å². The largest absolute Gasteiger partial charge is 0.481 e. The molecule has 2 rings (SSSR count). The summed E-state index contributed by atoms with van der Waals surface area (Å²) in [6, 6.07) is -0.00428. The molecule has 2 aliphatic rings. The summed E-state index contributed by atoms with van der Waals surface area (Å²) in [4.78, 5) is 13.1. The van der Waals surface area contributed by atoms with Crippen LogP contribution >= 0.6 is 0 Å². The second kappa shape index (κ2) is 5.14. The normalized spacial score (nSPS) is 32.8. The van der Waals surface area contributed by atoms with Crippen molar-refractivity contribution >= 4 is 15.8 Å². The minimum absolute atomic E-state index is 0.141. The van der Waals surface area contributed by atoms with Crippen LogP contribution in [0.15, 0.2) is 0 Å². The Kier molecular flexibility index (Phi) is 3.93. The minimum atomic E-state index is -2.88. The molecule has 2 heterocycles. The Morgan fingerprint density at radius 2 is 1.89 bits per heavy atom. The van der Waals surface area contributed by atoms with Gasteiger partial charge in [-0.3, -0.25) is 9.69 Å². The third-order valence-electron chi connectivity index (χ3n) is 3.99. The lowest BCUT2D eigenvalue weighted by Gasteiger charge is -2.36. The summed E-state index contributed by atoms with van der Waals surface area (Å²) in [5, 5.41) is 9.11. The van der Waals surface area contributed by atoms with Gasteiger partial charge in [0.2, 0.25) is 0 Å². The summed E-state index contributed by atoms with van der Waals surface area (Å²) in [6.45, 7) is 0.659. The van der Waals surface area contributed by atoms with Gasteiger partial charge in [0.25, 0.3) is 0 Å².